The molecule has 1 aliphatic carbocycles. The second kappa shape index (κ2) is 5.14. The number of aromatic nitrogens is 1. The Kier molecular flexibility index (Phi) is 3.54. The van der Waals surface area contributed by atoms with E-state index in [2.05, 4.69) is 11.1 Å². The molecule has 1 unspecified atom stereocenters. The van der Waals surface area contributed by atoms with E-state index in [0.29, 0.717) is 11.7 Å². The maximum atomic E-state index is 12.4. The summed E-state index contributed by atoms with van der Waals surface area (Å²) in [4.78, 5) is 18.6. The number of piperidine rings is 1. The van der Waals surface area contributed by atoms with Gasteiger partial charge in [-0.25, -0.2) is 9.78 Å². The first-order chi connectivity index (χ1) is 10.3. The molecule has 1 aliphatic heterocycles. The highest BCUT2D eigenvalue weighted by atomic mass is 16.6. The Morgan fingerprint density at radius 3 is 2.68 bits per heavy atom. The van der Waals surface area contributed by atoms with Gasteiger partial charge >= 0.3 is 6.09 Å². The fourth-order valence-electron chi connectivity index (χ4n) is 3.36. The lowest BCUT2D eigenvalue weighted by molar-refractivity contribution is 0.00372. The van der Waals surface area contributed by atoms with Gasteiger partial charge in [0.05, 0.1) is 0 Å². The lowest BCUT2D eigenvalue weighted by Gasteiger charge is -2.40. The fraction of sp³-hybridized carbons (Fsp3) is 0.647. The summed E-state index contributed by atoms with van der Waals surface area (Å²) in [7, 11) is 0. The molecule has 1 saturated heterocycles. The van der Waals surface area contributed by atoms with Crippen LogP contribution in [0.5, 0.6) is 0 Å². The minimum absolute atomic E-state index is 0.00658. The number of amides is 1. The molecule has 0 radical (unpaired) electrons. The van der Waals surface area contributed by atoms with Gasteiger partial charge in [-0.1, -0.05) is 6.07 Å². The van der Waals surface area contributed by atoms with Crippen molar-refractivity contribution in [2.24, 2.45) is 0 Å². The summed E-state index contributed by atoms with van der Waals surface area (Å²) < 4.78 is 5.57. The Morgan fingerprint density at radius 2 is 2.14 bits per heavy atom. The Bertz CT molecular complexity index is 558. The normalized spacial score (nSPS) is 23.4. The van der Waals surface area contributed by atoms with Crippen LogP contribution in [0.1, 0.15) is 57.9 Å². The first kappa shape index (κ1) is 15.1. The maximum absolute atomic E-state index is 12.4. The minimum Gasteiger partial charge on any atom is -0.444 e. The van der Waals surface area contributed by atoms with Crippen LogP contribution in [0.15, 0.2) is 18.3 Å². The largest absolute Gasteiger partial charge is 0.444 e. The molecule has 2 aliphatic rings. The monoisotopic (exact) mass is 303 g/mol. The van der Waals surface area contributed by atoms with Crippen LogP contribution in [-0.2, 0) is 4.74 Å². The number of nitrogens with two attached hydrogens (primary N) is 1. The number of likely N-dealkylation sites (tertiary alicyclic amines) is 1. The summed E-state index contributed by atoms with van der Waals surface area (Å²) in [6.45, 7) is 6.50. The molecule has 0 bridgehead atoms. The molecule has 2 heterocycles. The Morgan fingerprint density at radius 1 is 1.41 bits per heavy atom. The van der Waals surface area contributed by atoms with Gasteiger partial charge in [0.1, 0.15) is 11.4 Å². The predicted molar refractivity (Wildman–Crippen MR) is 85.5 cm³/mol. The summed E-state index contributed by atoms with van der Waals surface area (Å²) >= 11 is 0. The molecule has 3 rings (SSSR count). The molecule has 1 amide bonds. The van der Waals surface area contributed by atoms with Crippen molar-refractivity contribution in [3.8, 4) is 0 Å². The van der Waals surface area contributed by atoms with E-state index >= 15 is 0 Å². The molecule has 1 saturated carbocycles. The Balaban J connectivity index is 1.70. The van der Waals surface area contributed by atoms with E-state index in [-0.39, 0.29) is 11.6 Å². The smallest absolute Gasteiger partial charge is 0.410 e. The summed E-state index contributed by atoms with van der Waals surface area (Å²) in [5.74, 6) is 1.00. The number of carbonyl (C=O) groups is 1. The van der Waals surface area contributed by atoms with E-state index in [4.69, 9.17) is 10.5 Å². The highest BCUT2D eigenvalue weighted by Gasteiger charge is 2.54. The van der Waals surface area contributed by atoms with Gasteiger partial charge in [-0.15, -0.1) is 0 Å². The summed E-state index contributed by atoms with van der Waals surface area (Å²) in [6.07, 6.45) is 5.80. The number of rotatable bonds is 1. The number of pyridine rings is 1. The molecule has 120 valence electrons. The molecular formula is C17H25N3O2. The van der Waals surface area contributed by atoms with Gasteiger partial charge in [-0.3, -0.25) is 0 Å². The quantitative estimate of drug-likeness (QED) is 0.864. The molecule has 5 heteroatoms. The molecule has 1 aromatic heterocycles. The molecule has 1 aromatic rings. The van der Waals surface area contributed by atoms with Gasteiger partial charge in [0, 0.05) is 18.3 Å². The number of hydrogen-bond acceptors (Lipinski definition) is 4. The van der Waals surface area contributed by atoms with Crippen LogP contribution in [-0.4, -0.2) is 33.7 Å². The number of ether oxygens (including phenoxy) is 1. The average molecular weight is 303 g/mol. The Hall–Kier alpha value is -1.78. The molecule has 5 nitrogen and oxygen atoms in total. The summed E-state index contributed by atoms with van der Waals surface area (Å²) in [6, 6.07) is 3.92. The second-order valence-electron chi connectivity index (χ2n) is 7.56. The predicted octanol–water partition coefficient (Wildman–Crippen LogP) is 3.31. The average Bonchev–Trinajstić information content (AvgIpc) is 3.17. The van der Waals surface area contributed by atoms with Crippen LogP contribution >= 0.6 is 0 Å². The van der Waals surface area contributed by atoms with Gasteiger partial charge in [0.15, 0.2) is 0 Å². The van der Waals surface area contributed by atoms with Crippen molar-refractivity contribution in [3.63, 3.8) is 0 Å². The molecule has 22 heavy (non-hydrogen) atoms. The van der Waals surface area contributed by atoms with Crippen LogP contribution in [0.25, 0.3) is 0 Å². The zero-order valence-electron chi connectivity index (χ0n) is 13.6. The Labute approximate surface area is 131 Å². The van der Waals surface area contributed by atoms with E-state index in [9.17, 15) is 4.79 Å². The number of hydrogen-bond donors (Lipinski definition) is 1. The molecule has 2 fully saturated rings. The molecular weight excluding hydrogens is 278 g/mol. The van der Waals surface area contributed by atoms with Crippen molar-refractivity contribution in [2.45, 2.75) is 63.5 Å². The number of anilines is 1. The first-order valence-corrected chi connectivity index (χ1v) is 8.01. The molecule has 1 spiro atoms. The lowest BCUT2D eigenvalue weighted by atomic mass is 9.84. The summed E-state index contributed by atoms with van der Waals surface area (Å²) in [5.41, 5.74) is 6.46. The molecule has 1 atom stereocenters. The van der Waals surface area contributed by atoms with Crippen LogP contribution in [0.3, 0.4) is 0 Å². The fourth-order valence-corrected chi connectivity index (χ4v) is 3.36. The third-order valence-electron chi connectivity index (χ3n) is 4.62. The molecule has 2 N–H and O–H groups in total. The minimum atomic E-state index is -0.440. The first-order valence-electron chi connectivity index (χ1n) is 8.01. The van der Waals surface area contributed by atoms with Gasteiger partial charge in [0.25, 0.3) is 0 Å². The lowest BCUT2D eigenvalue weighted by Crippen LogP contribution is -2.49. The van der Waals surface area contributed by atoms with E-state index < -0.39 is 5.60 Å². The van der Waals surface area contributed by atoms with Crippen LogP contribution < -0.4 is 5.73 Å². The van der Waals surface area contributed by atoms with Crippen LogP contribution in [0.4, 0.5) is 10.6 Å². The number of nitrogen functional groups attached to an aromatic ring is 1. The third kappa shape index (κ3) is 3.03. The zero-order valence-corrected chi connectivity index (χ0v) is 13.6. The molecule has 0 aromatic carbocycles. The van der Waals surface area contributed by atoms with Crippen molar-refractivity contribution in [3.05, 3.63) is 23.9 Å². The number of nitrogens with zero attached hydrogens (tertiary/aromatic N) is 2. The topological polar surface area (TPSA) is 68.5 Å². The third-order valence-corrected chi connectivity index (χ3v) is 4.62. The highest BCUT2D eigenvalue weighted by Crippen LogP contribution is 2.52. The van der Waals surface area contributed by atoms with Crippen LogP contribution in [0, 0.1) is 0 Å². The van der Waals surface area contributed by atoms with Crippen molar-refractivity contribution in [1.82, 2.24) is 9.88 Å². The maximum Gasteiger partial charge on any atom is 0.410 e. The van der Waals surface area contributed by atoms with E-state index in [1.807, 2.05) is 37.9 Å². The zero-order chi connectivity index (χ0) is 16.0. The van der Waals surface area contributed by atoms with E-state index in [1.54, 1.807) is 0 Å². The van der Waals surface area contributed by atoms with Crippen molar-refractivity contribution >= 4 is 11.9 Å². The van der Waals surface area contributed by atoms with Gasteiger partial charge in [-0.05, 0) is 64.0 Å². The van der Waals surface area contributed by atoms with Crippen molar-refractivity contribution < 1.29 is 9.53 Å². The van der Waals surface area contributed by atoms with E-state index in [1.165, 1.54) is 5.56 Å². The van der Waals surface area contributed by atoms with Crippen molar-refractivity contribution in [2.75, 3.05) is 12.3 Å². The highest BCUT2D eigenvalue weighted by molar-refractivity contribution is 5.70. The van der Waals surface area contributed by atoms with Gasteiger partial charge in [-0.2, -0.15) is 0 Å². The van der Waals surface area contributed by atoms with E-state index in [0.717, 1.165) is 32.2 Å². The van der Waals surface area contributed by atoms with Crippen molar-refractivity contribution in [1.29, 1.82) is 0 Å². The standard InChI is InChI=1S/C17H25N3O2/c1-16(2,3)22-15(21)20-9-6-12(10-17(20)7-8-17)13-4-5-14(18)19-11-13/h4-5,11-12H,6-10H2,1-3H3,(H2,18,19). The van der Waals surface area contributed by atoms with Gasteiger partial charge < -0.3 is 15.4 Å². The van der Waals surface area contributed by atoms with Gasteiger partial charge in [0.2, 0.25) is 0 Å². The SMILES string of the molecule is CC(C)(C)OC(=O)N1CCC(c2ccc(N)nc2)CC12CC2. The summed E-state index contributed by atoms with van der Waals surface area (Å²) in [5, 5.41) is 0. The second-order valence-corrected chi connectivity index (χ2v) is 7.56. The van der Waals surface area contributed by atoms with Crippen LogP contribution in [0.2, 0.25) is 0 Å². The number of carbonyl (C=O) groups excluding carboxylic acids is 1.